The van der Waals surface area contributed by atoms with Crippen LogP contribution in [0.2, 0.25) is 0 Å². The first-order chi connectivity index (χ1) is 9.88. The maximum atomic E-state index is 12.9. The van der Waals surface area contributed by atoms with Crippen molar-refractivity contribution in [2.45, 2.75) is 33.8 Å². The minimum Gasteiger partial charge on any atom is -0.482 e. The number of halogens is 1. The van der Waals surface area contributed by atoms with E-state index in [9.17, 15) is 9.18 Å². The first-order valence-electron chi connectivity index (χ1n) is 6.93. The molecule has 0 saturated carbocycles. The molecule has 0 amide bonds. The highest BCUT2D eigenvalue weighted by Crippen LogP contribution is 2.25. The van der Waals surface area contributed by atoms with E-state index in [4.69, 9.17) is 4.74 Å². The summed E-state index contributed by atoms with van der Waals surface area (Å²) >= 11 is 0. The van der Waals surface area contributed by atoms with Gasteiger partial charge in [0.2, 0.25) is 5.78 Å². The topological polar surface area (TPSA) is 26.3 Å². The number of Topliss-reactive ketones (excluding diaryl/α,β-unsaturated/α-hetero) is 1. The van der Waals surface area contributed by atoms with Crippen LogP contribution in [0.25, 0.3) is 0 Å². The Bertz CT molecular complexity index is 660. The second-order valence-electron chi connectivity index (χ2n) is 5.34. The van der Waals surface area contributed by atoms with Crippen LogP contribution in [-0.2, 0) is 0 Å². The van der Waals surface area contributed by atoms with Crippen molar-refractivity contribution in [1.82, 2.24) is 0 Å². The normalized spacial score (nSPS) is 12.0. The van der Waals surface area contributed by atoms with Crippen molar-refractivity contribution in [1.29, 1.82) is 0 Å². The van der Waals surface area contributed by atoms with Crippen LogP contribution in [0.4, 0.5) is 4.39 Å². The van der Waals surface area contributed by atoms with Gasteiger partial charge in [-0.05, 0) is 74.7 Å². The molecule has 2 rings (SSSR count). The molecule has 1 atom stereocenters. The highest BCUT2D eigenvalue weighted by Gasteiger charge is 2.18. The molecular weight excluding hydrogens is 267 g/mol. The largest absolute Gasteiger partial charge is 0.482 e. The van der Waals surface area contributed by atoms with Gasteiger partial charge in [-0.25, -0.2) is 4.39 Å². The number of aryl methyl sites for hydroxylation is 2. The molecule has 0 N–H and O–H groups in total. The standard InChI is InChI=1S/C18H19FO2/c1-11-9-12(2)13(3)17(10-11)21-14(4)18(20)15-5-7-16(19)8-6-15/h5-10,14H,1-4H3. The van der Waals surface area contributed by atoms with Crippen molar-refractivity contribution in [2.24, 2.45) is 0 Å². The number of ketones is 1. The smallest absolute Gasteiger partial charge is 0.202 e. The number of carbonyl (C=O) groups excluding carboxylic acids is 1. The van der Waals surface area contributed by atoms with E-state index >= 15 is 0 Å². The lowest BCUT2D eigenvalue weighted by Crippen LogP contribution is -2.24. The molecule has 0 aromatic heterocycles. The molecule has 110 valence electrons. The van der Waals surface area contributed by atoms with E-state index in [1.54, 1.807) is 6.92 Å². The van der Waals surface area contributed by atoms with E-state index in [1.165, 1.54) is 24.3 Å². The van der Waals surface area contributed by atoms with Crippen molar-refractivity contribution in [3.05, 3.63) is 64.5 Å². The van der Waals surface area contributed by atoms with Crippen LogP contribution in [0.15, 0.2) is 36.4 Å². The molecule has 0 radical (unpaired) electrons. The number of hydrogen-bond acceptors (Lipinski definition) is 2. The fraction of sp³-hybridized carbons (Fsp3) is 0.278. The van der Waals surface area contributed by atoms with E-state index in [-0.39, 0.29) is 11.6 Å². The average molecular weight is 286 g/mol. The van der Waals surface area contributed by atoms with E-state index < -0.39 is 6.10 Å². The Morgan fingerprint density at radius 2 is 1.71 bits per heavy atom. The molecule has 0 aliphatic rings. The lowest BCUT2D eigenvalue weighted by atomic mass is 10.0. The summed E-state index contributed by atoms with van der Waals surface area (Å²) in [6, 6.07) is 9.52. The molecule has 0 aliphatic heterocycles. The number of ether oxygens (including phenoxy) is 1. The van der Waals surface area contributed by atoms with Gasteiger partial charge in [-0.3, -0.25) is 4.79 Å². The maximum Gasteiger partial charge on any atom is 0.202 e. The summed E-state index contributed by atoms with van der Waals surface area (Å²) < 4.78 is 18.7. The summed E-state index contributed by atoms with van der Waals surface area (Å²) in [5, 5.41) is 0. The van der Waals surface area contributed by atoms with Crippen molar-refractivity contribution < 1.29 is 13.9 Å². The fourth-order valence-electron chi connectivity index (χ4n) is 2.22. The molecule has 0 aliphatic carbocycles. The fourth-order valence-corrected chi connectivity index (χ4v) is 2.22. The Balaban J connectivity index is 2.20. The molecule has 0 saturated heterocycles. The zero-order valence-corrected chi connectivity index (χ0v) is 12.7. The molecule has 0 spiro atoms. The van der Waals surface area contributed by atoms with Crippen LogP contribution >= 0.6 is 0 Å². The number of benzene rings is 2. The summed E-state index contributed by atoms with van der Waals surface area (Å²) in [6.45, 7) is 7.69. The van der Waals surface area contributed by atoms with Gasteiger partial charge in [0.1, 0.15) is 11.6 Å². The van der Waals surface area contributed by atoms with Crippen LogP contribution in [0.1, 0.15) is 34.0 Å². The minimum absolute atomic E-state index is 0.159. The zero-order valence-electron chi connectivity index (χ0n) is 12.7. The monoisotopic (exact) mass is 286 g/mol. The second kappa shape index (κ2) is 6.08. The summed E-state index contributed by atoms with van der Waals surface area (Å²) in [5.41, 5.74) is 3.70. The molecule has 0 fully saturated rings. The summed E-state index contributed by atoms with van der Waals surface area (Å²) in [7, 11) is 0. The highest BCUT2D eigenvalue weighted by molar-refractivity contribution is 5.99. The van der Waals surface area contributed by atoms with Crippen molar-refractivity contribution in [3.63, 3.8) is 0 Å². The van der Waals surface area contributed by atoms with Crippen LogP contribution < -0.4 is 4.74 Å². The molecule has 2 nitrogen and oxygen atoms in total. The van der Waals surface area contributed by atoms with Gasteiger partial charge in [0.05, 0.1) is 0 Å². The molecule has 2 aromatic carbocycles. The third-order valence-electron chi connectivity index (χ3n) is 3.57. The predicted octanol–water partition coefficient (Wildman–Crippen LogP) is 4.40. The Morgan fingerprint density at radius 1 is 1.10 bits per heavy atom. The van der Waals surface area contributed by atoms with Crippen molar-refractivity contribution in [3.8, 4) is 5.75 Å². The molecule has 3 heteroatoms. The molecule has 2 aromatic rings. The van der Waals surface area contributed by atoms with Crippen molar-refractivity contribution in [2.75, 3.05) is 0 Å². The molecule has 21 heavy (non-hydrogen) atoms. The van der Waals surface area contributed by atoms with Gasteiger partial charge in [0, 0.05) is 5.56 Å². The van der Waals surface area contributed by atoms with Gasteiger partial charge in [-0.2, -0.15) is 0 Å². The lowest BCUT2D eigenvalue weighted by molar-refractivity contribution is 0.0817. The second-order valence-corrected chi connectivity index (χ2v) is 5.34. The van der Waals surface area contributed by atoms with Crippen molar-refractivity contribution >= 4 is 5.78 Å². The third-order valence-corrected chi connectivity index (χ3v) is 3.57. The Labute approximate surface area is 124 Å². The van der Waals surface area contributed by atoms with Crippen LogP contribution in [0, 0.1) is 26.6 Å². The molecule has 0 bridgehead atoms. The summed E-state index contributed by atoms with van der Waals surface area (Å²) in [5.74, 6) is 0.203. The van der Waals surface area contributed by atoms with Crippen LogP contribution in [-0.4, -0.2) is 11.9 Å². The first-order valence-corrected chi connectivity index (χ1v) is 6.93. The van der Waals surface area contributed by atoms with Gasteiger partial charge >= 0.3 is 0 Å². The van der Waals surface area contributed by atoms with E-state index in [0.29, 0.717) is 5.56 Å². The van der Waals surface area contributed by atoms with Gasteiger partial charge in [0.15, 0.2) is 6.10 Å². The summed E-state index contributed by atoms with van der Waals surface area (Å²) in [6.07, 6.45) is -0.615. The van der Waals surface area contributed by atoms with Gasteiger partial charge in [-0.15, -0.1) is 0 Å². The van der Waals surface area contributed by atoms with E-state index in [0.717, 1.165) is 22.4 Å². The quantitative estimate of drug-likeness (QED) is 0.779. The molecule has 0 heterocycles. The third kappa shape index (κ3) is 3.48. The number of carbonyl (C=O) groups is 1. The maximum absolute atomic E-state index is 12.9. The highest BCUT2D eigenvalue weighted by atomic mass is 19.1. The van der Waals surface area contributed by atoms with E-state index in [2.05, 4.69) is 6.07 Å². The first kappa shape index (κ1) is 15.2. The number of hydrogen-bond donors (Lipinski definition) is 0. The zero-order chi connectivity index (χ0) is 15.6. The SMILES string of the molecule is Cc1cc(C)c(C)c(OC(C)C(=O)c2ccc(F)cc2)c1. The van der Waals surface area contributed by atoms with E-state index in [1.807, 2.05) is 26.8 Å². The van der Waals surface area contributed by atoms with Crippen LogP contribution in [0.5, 0.6) is 5.75 Å². The molecular formula is C18H19FO2. The lowest BCUT2D eigenvalue weighted by Gasteiger charge is -2.17. The minimum atomic E-state index is -0.615. The average Bonchev–Trinajstić information content (AvgIpc) is 2.44. The van der Waals surface area contributed by atoms with Crippen LogP contribution in [0.3, 0.4) is 0 Å². The predicted molar refractivity (Wildman–Crippen MR) is 81.5 cm³/mol. The molecule has 1 unspecified atom stereocenters. The van der Waals surface area contributed by atoms with Gasteiger partial charge < -0.3 is 4.74 Å². The van der Waals surface area contributed by atoms with Gasteiger partial charge in [-0.1, -0.05) is 6.07 Å². The Hall–Kier alpha value is -2.16. The Kier molecular flexibility index (Phi) is 4.41. The van der Waals surface area contributed by atoms with Gasteiger partial charge in [0.25, 0.3) is 0 Å². The Morgan fingerprint density at radius 3 is 2.33 bits per heavy atom. The number of rotatable bonds is 4. The summed E-state index contributed by atoms with van der Waals surface area (Å²) in [4.78, 5) is 12.3.